The number of rotatable bonds is 4. The van der Waals surface area contributed by atoms with Crippen LogP contribution in [0.15, 0.2) is 42.5 Å². The monoisotopic (exact) mass is 255 g/mol. The van der Waals surface area contributed by atoms with Crippen LogP contribution in [0.3, 0.4) is 0 Å². The lowest BCUT2D eigenvalue weighted by Crippen LogP contribution is -2.33. The van der Waals surface area contributed by atoms with Gasteiger partial charge < -0.3 is 5.11 Å². The molecule has 1 fully saturated rings. The molecule has 0 bridgehead atoms. The van der Waals surface area contributed by atoms with Crippen LogP contribution in [0.2, 0.25) is 0 Å². The lowest BCUT2D eigenvalue weighted by atomic mass is 10.0. The number of aliphatic hydroxyl groups is 1. The van der Waals surface area contributed by atoms with Gasteiger partial charge in [-0.1, -0.05) is 42.5 Å². The zero-order valence-corrected chi connectivity index (χ0v) is 11.3. The van der Waals surface area contributed by atoms with Gasteiger partial charge in [-0.15, -0.1) is 0 Å². The fourth-order valence-electron chi connectivity index (χ4n) is 3.17. The van der Waals surface area contributed by atoms with Crippen molar-refractivity contribution in [2.75, 3.05) is 19.7 Å². The minimum Gasteiger partial charge on any atom is -0.395 e. The predicted octanol–water partition coefficient (Wildman–Crippen LogP) is 2.84. The van der Waals surface area contributed by atoms with Crippen LogP contribution in [0.4, 0.5) is 0 Å². The minimum atomic E-state index is 0.301. The molecule has 2 nitrogen and oxygen atoms in total. The highest BCUT2D eigenvalue weighted by Crippen LogP contribution is 2.21. The molecule has 3 rings (SSSR count). The second-order valence-corrected chi connectivity index (χ2v) is 5.40. The molecule has 2 aromatic carbocycles. The topological polar surface area (TPSA) is 23.5 Å². The molecule has 0 saturated carbocycles. The number of likely N-dealkylation sites (tertiary alicyclic amines) is 1. The summed E-state index contributed by atoms with van der Waals surface area (Å²) in [5.41, 5.74) is 1.42. The third-order valence-corrected chi connectivity index (χ3v) is 4.26. The Morgan fingerprint density at radius 3 is 2.84 bits per heavy atom. The van der Waals surface area contributed by atoms with Crippen molar-refractivity contribution in [2.24, 2.45) is 0 Å². The Morgan fingerprint density at radius 2 is 1.95 bits per heavy atom. The third kappa shape index (κ3) is 2.65. The summed E-state index contributed by atoms with van der Waals surface area (Å²) in [5, 5.41) is 12.0. The van der Waals surface area contributed by atoms with E-state index in [-0.39, 0.29) is 0 Å². The van der Waals surface area contributed by atoms with Crippen molar-refractivity contribution in [3.8, 4) is 0 Å². The van der Waals surface area contributed by atoms with Gasteiger partial charge in [-0.3, -0.25) is 4.90 Å². The SMILES string of the molecule is OC[C@@H]1CCCN1CCc1cccc2ccccc12. The molecule has 0 aliphatic carbocycles. The molecule has 1 atom stereocenters. The van der Waals surface area contributed by atoms with Gasteiger partial charge in [0.05, 0.1) is 6.61 Å². The van der Waals surface area contributed by atoms with Crippen molar-refractivity contribution >= 4 is 10.8 Å². The molecule has 0 radical (unpaired) electrons. The van der Waals surface area contributed by atoms with Gasteiger partial charge in [-0.2, -0.15) is 0 Å². The molecule has 1 heterocycles. The Labute approximate surface area is 114 Å². The molecule has 0 unspecified atom stereocenters. The zero-order valence-electron chi connectivity index (χ0n) is 11.3. The largest absolute Gasteiger partial charge is 0.395 e. The Hall–Kier alpha value is -1.38. The summed E-state index contributed by atoms with van der Waals surface area (Å²) in [6.07, 6.45) is 3.44. The first-order valence-corrected chi connectivity index (χ1v) is 7.20. The maximum absolute atomic E-state index is 9.36. The molecule has 1 aliphatic rings. The van der Waals surface area contributed by atoms with E-state index in [0.717, 1.165) is 25.9 Å². The van der Waals surface area contributed by atoms with E-state index in [1.807, 2.05) is 0 Å². The van der Waals surface area contributed by atoms with Crippen LogP contribution in [0.1, 0.15) is 18.4 Å². The van der Waals surface area contributed by atoms with Crippen molar-refractivity contribution in [1.82, 2.24) is 4.90 Å². The zero-order chi connectivity index (χ0) is 13.1. The van der Waals surface area contributed by atoms with Gasteiger partial charge in [0.2, 0.25) is 0 Å². The summed E-state index contributed by atoms with van der Waals surface area (Å²) >= 11 is 0. The van der Waals surface area contributed by atoms with Gasteiger partial charge in [0, 0.05) is 12.6 Å². The van der Waals surface area contributed by atoms with Gasteiger partial charge >= 0.3 is 0 Å². The molecular weight excluding hydrogens is 234 g/mol. The first-order chi connectivity index (χ1) is 9.38. The van der Waals surface area contributed by atoms with E-state index in [1.54, 1.807) is 0 Å². The van der Waals surface area contributed by atoms with E-state index < -0.39 is 0 Å². The van der Waals surface area contributed by atoms with Gasteiger partial charge in [-0.25, -0.2) is 0 Å². The quantitative estimate of drug-likeness (QED) is 0.908. The Balaban J connectivity index is 1.75. The van der Waals surface area contributed by atoms with E-state index in [0.29, 0.717) is 12.6 Å². The van der Waals surface area contributed by atoms with Crippen molar-refractivity contribution in [3.05, 3.63) is 48.0 Å². The van der Waals surface area contributed by atoms with Gasteiger partial charge in [0.25, 0.3) is 0 Å². The van der Waals surface area contributed by atoms with Crippen molar-refractivity contribution < 1.29 is 5.11 Å². The molecule has 2 heteroatoms. The van der Waals surface area contributed by atoms with Crippen LogP contribution < -0.4 is 0 Å². The van der Waals surface area contributed by atoms with E-state index >= 15 is 0 Å². The Kier molecular flexibility index (Phi) is 3.81. The molecule has 19 heavy (non-hydrogen) atoms. The van der Waals surface area contributed by atoms with Crippen LogP contribution in [-0.4, -0.2) is 35.7 Å². The molecule has 100 valence electrons. The standard InChI is InChI=1S/C17H21NO/c19-13-16-8-4-11-18(16)12-10-15-7-3-6-14-5-1-2-9-17(14)15/h1-3,5-7,9,16,19H,4,8,10-13H2/t16-/m0/s1. The minimum absolute atomic E-state index is 0.301. The third-order valence-electron chi connectivity index (χ3n) is 4.26. The maximum atomic E-state index is 9.36. The molecule has 0 spiro atoms. The fourth-order valence-corrected chi connectivity index (χ4v) is 3.17. The van der Waals surface area contributed by atoms with E-state index in [1.165, 1.54) is 22.8 Å². The van der Waals surface area contributed by atoms with Crippen LogP contribution in [-0.2, 0) is 6.42 Å². The van der Waals surface area contributed by atoms with Gasteiger partial charge in [-0.05, 0) is 42.1 Å². The maximum Gasteiger partial charge on any atom is 0.0586 e. The number of nitrogens with zero attached hydrogens (tertiary/aromatic N) is 1. The van der Waals surface area contributed by atoms with Crippen LogP contribution in [0.25, 0.3) is 10.8 Å². The summed E-state index contributed by atoms with van der Waals surface area (Å²) in [7, 11) is 0. The summed E-state index contributed by atoms with van der Waals surface area (Å²) in [5.74, 6) is 0. The van der Waals surface area contributed by atoms with E-state index in [4.69, 9.17) is 0 Å². The molecule has 2 aromatic rings. The molecule has 0 amide bonds. The summed E-state index contributed by atoms with van der Waals surface area (Å²) in [6.45, 7) is 2.49. The number of hydrogen-bond donors (Lipinski definition) is 1. The fraction of sp³-hybridized carbons (Fsp3) is 0.412. The highest BCUT2D eigenvalue weighted by atomic mass is 16.3. The normalized spacial score (nSPS) is 20.2. The molecule has 1 saturated heterocycles. The van der Waals surface area contributed by atoms with Crippen molar-refractivity contribution in [2.45, 2.75) is 25.3 Å². The lowest BCUT2D eigenvalue weighted by molar-refractivity contribution is 0.160. The smallest absolute Gasteiger partial charge is 0.0586 e. The number of aliphatic hydroxyl groups excluding tert-OH is 1. The molecule has 0 aromatic heterocycles. The number of benzene rings is 2. The Morgan fingerprint density at radius 1 is 1.11 bits per heavy atom. The average molecular weight is 255 g/mol. The first kappa shape index (κ1) is 12.6. The predicted molar refractivity (Wildman–Crippen MR) is 79.3 cm³/mol. The summed E-state index contributed by atoms with van der Waals surface area (Å²) in [4.78, 5) is 2.43. The van der Waals surface area contributed by atoms with Crippen LogP contribution in [0, 0.1) is 0 Å². The number of fused-ring (bicyclic) bond motifs is 1. The van der Waals surface area contributed by atoms with E-state index in [9.17, 15) is 5.11 Å². The number of hydrogen-bond acceptors (Lipinski definition) is 2. The lowest BCUT2D eigenvalue weighted by Gasteiger charge is -2.22. The first-order valence-electron chi connectivity index (χ1n) is 7.20. The molecular formula is C17H21NO. The average Bonchev–Trinajstić information content (AvgIpc) is 2.92. The van der Waals surface area contributed by atoms with E-state index in [2.05, 4.69) is 47.4 Å². The molecule has 1 N–H and O–H groups in total. The second-order valence-electron chi connectivity index (χ2n) is 5.40. The second kappa shape index (κ2) is 5.72. The summed E-state index contributed by atoms with van der Waals surface area (Å²) < 4.78 is 0. The summed E-state index contributed by atoms with van der Waals surface area (Å²) in [6, 6.07) is 15.5. The van der Waals surface area contributed by atoms with Gasteiger partial charge in [0.1, 0.15) is 0 Å². The Bertz CT molecular complexity index is 546. The molecule has 1 aliphatic heterocycles. The van der Waals surface area contributed by atoms with Crippen LogP contribution >= 0.6 is 0 Å². The van der Waals surface area contributed by atoms with Crippen LogP contribution in [0.5, 0.6) is 0 Å². The highest BCUT2D eigenvalue weighted by Gasteiger charge is 2.22. The van der Waals surface area contributed by atoms with Gasteiger partial charge in [0.15, 0.2) is 0 Å². The van der Waals surface area contributed by atoms with Crippen molar-refractivity contribution in [1.29, 1.82) is 0 Å². The van der Waals surface area contributed by atoms with Crippen molar-refractivity contribution in [3.63, 3.8) is 0 Å². The highest BCUT2D eigenvalue weighted by molar-refractivity contribution is 5.85.